The fraction of sp³-hybridized carbons (Fsp3) is 0.500. The van der Waals surface area contributed by atoms with Gasteiger partial charge < -0.3 is 9.47 Å². The zero-order valence-corrected chi connectivity index (χ0v) is 16.8. The number of ether oxygens (including phenoxy) is 2. The van der Waals surface area contributed by atoms with E-state index in [1.807, 2.05) is 12.1 Å². The Balaban J connectivity index is 2.28. The Morgan fingerprint density at radius 2 is 1.85 bits per heavy atom. The first kappa shape index (κ1) is 20.2. The number of halogens is 1. The Kier molecular flexibility index (Phi) is 6.63. The van der Waals surface area contributed by atoms with Gasteiger partial charge in [-0.05, 0) is 58.2 Å². The summed E-state index contributed by atoms with van der Waals surface area (Å²) in [5.74, 6) is -0.252. The molecule has 1 N–H and O–H groups in total. The van der Waals surface area contributed by atoms with Crippen LogP contribution in [-0.4, -0.2) is 41.2 Å². The van der Waals surface area contributed by atoms with Crippen LogP contribution in [0, 0.1) is 0 Å². The van der Waals surface area contributed by atoms with Gasteiger partial charge in [-0.25, -0.2) is 20.0 Å². The summed E-state index contributed by atoms with van der Waals surface area (Å²) in [6.07, 6.45) is -1.38. The van der Waals surface area contributed by atoms with Crippen molar-refractivity contribution in [3.63, 3.8) is 0 Å². The number of hydrazine groups is 1. The van der Waals surface area contributed by atoms with Gasteiger partial charge in [0, 0.05) is 10.0 Å². The van der Waals surface area contributed by atoms with Crippen molar-refractivity contribution in [3.8, 4) is 0 Å². The molecule has 0 spiro atoms. The second-order valence-electron chi connectivity index (χ2n) is 6.59. The number of fused-ring (bicyclic) bond motifs is 1. The maximum Gasteiger partial charge on any atom is 0.429 e. The Morgan fingerprint density at radius 3 is 2.46 bits per heavy atom. The van der Waals surface area contributed by atoms with Crippen molar-refractivity contribution in [3.05, 3.63) is 33.8 Å². The molecule has 0 fully saturated rings. The van der Waals surface area contributed by atoms with Crippen molar-refractivity contribution in [2.75, 3.05) is 0 Å². The number of ketones is 1. The van der Waals surface area contributed by atoms with Crippen molar-refractivity contribution >= 4 is 33.9 Å². The molecule has 7 nitrogen and oxygen atoms in total. The lowest BCUT2D eigenvalue weighted by Crippen LogP contribution is -2.56. The van der Waals surface area contributed by atoms with E-state index in [9.17, 15) is 14.4 Å². The van der Waals surface area contributed by atoms with Crippen molar-refractivity contribution in [2.24, 2.45) is 0 Å². The van der Waals surface area contributed by atoms with Crippen molar-refractivity contribution < 1.29 is 23.9 Å². The predicted octanol–water partition coefficient (Wildman–Crippen LogP) is 3.84. The van der Waals surface area contributed by atoms with Crippen LogP contribution in [0.4, 0.5) is 9.59 Å². The van der Waals surface area contributed by atoms with Crippen molar-refractivity contribution in [1.82, 2.24) is 10.4 Å². The number of carbonyl (C=O) groups is 3. The molecule has 0 unspecified atom stereocenters. The summed E-state index contributed by atoms with van der Waals surface area (Å²) < 4.78 is 11.0. The molecule has 1 aromatic carbocycles. The van der Waals surface area contributed by atoms with Crippen molar-refractivity contribution in [2.45, 2.75) is 58.8 Å². The lowest BCUT2D eigenvalue weighted by molar-refractivity contribution is 0.0279. The molecular formula is C18H23BrN2O5. The molecule has 2 amide bonds. The van der Waals surface area contributed by atoms with E-state index >= 15 is 0 Å². The second-order valence-corrected chi connectivity index (χ2v) is 7.50. The molecule has 2 rings (SSSR count). The van der Waals surface area contributed by atoms with E-state index in [4.69, 9.17) is 9.47 Å². The lowest BCUT2D eigenvalue weighted by Gasteiger charge is -2.33. The standard InChI is InChI=1S/C18H23BrN2O5/c1-10(2)25-17(23)20-21(18(24)26-11(3)4)15-8-6-12-5-7-13(19)9-14(12)16(15)22/h5,7,9-11,15H,6,8H2,1-4H3,(H,20,23)/t15-/m0/s1. The zero-order valence-electron chi connectivity index (χ0n) is 15.2. The van der Waals surface area contributed by atoms with E-state index in [1.54, 1.807) is 33.8 Å². The number of rotatable bonds is 3. The smallest absolute Gasteiger partial charge is 0.429 e. The first-order chi connectivity index (χ1) is 12.2. The quantitative estimate of drug-likeness (QED) is 0.741. The van der Waals surface area contributed by atoms with Crippen LogP contribution in [0.25, 0.3) is 0 Å². The van der Waals surface area contributed by atoms with E-state index in [2.05, 4.69) is 21.4 Å². The predicted molar refractivity (Wildman–Crippen MR) is 98.8 cm³/mol. The summed E-state index contributed by atoms with van der Waals surface area (Å²) in [7, 11) is 0. The molecule has 0 aliphatic heterocycles. The number of carbonyl (C=O) groups excluding carboxylic acids is 3. The van der Waals surface area contributed by atoms with Crippen molar-refractivity contribution in [1.29, 1.82) is 0 Å². The molecular weight excluding hydrogens is 404 g/mol. The second kappa shape index (κ2) is 8.53. The molecule has 0 bridgehead atoms. The van der Waals surface area contributed by atoms with E-state index in [1.165, 1.54) is 0 Å². The first-order valence-electron chi connectivity index (χ1n) is 8.48. The fourth-order valence-corrected chi connectivity index (χ4v) is 3.05. The zero-order chi connectivity index (χ0) is 19.4. The van der Waals surface area contributed by atoms with E-state index in [0.717, 1.165) is 15.0 Å². The Labute approximate surface area is 161 Å². The van der Waals surface area contributed by atoms with Crippen LogP contribution in [0.3, 0.4) is 0 Å². The molecule has 1 atom stereocenters. The van der Waals surface area contributed by atoms with Gasteiger partial charge in [0.25, 0.3) is 0 Å². The maximum absolute atomic E-state index is 12.9. The molecule has 1 aromatic rings. The molecule has 26 heavy (non-hydrogen) atoms. The average molecular weight is 427 g/mol. The molecule has 0 saturated heterocycles. The summed E-state index contributed by atoms with van der Waals surface area (Å²) in [5, 5.41) is 0.941. The average Bonchev–Trinajstić information content (AvgIpc) is 2.52. The topological polar surface area (TPSA) is 84.9 Å². The van der Waals surface area contributed by atoms with Gasteiger partial charge in [-0.1, -0.05) is 22.0 Å². The molecule has 0 radical (unpaired) electrons. The number of amides is 2. The van der Waals surface area contributed by atoms with Crippen LogP contribution in [0.2, 0.25) is 0 Å². The summed E-state index contributed by atoms with van der Waals surface area (Å²) in [5.41, 5.74) is 3.80. The largest absolute Gasteiger partial charge is 0.446 e. The minimum Gasteiger partial charge on any atom is -0.446 e. The number of hydrogen-bond acceptors (Lipinski definition) is 5. The molecule has 8 heteroatoms. The van der Waals surface area contributed by atoms with Crippen LogP contribution >= 0.6 is 15.9 Å². The normalized spacial score (nSPS) is 16.3. The summed E-state index contributed by atoms with van der Waals surface area (Å²) in [6.45, 7) is 6.76. The SMILES string of the molecule is CC(C)OC(=O)NN(C(=O)OC(C)C)[C@H]1CCc2ccc(Br)cc2C1=O. The highest BCUT2D eigenvalue weighted by Crippen LogP contribution is 2.27. The Hall–Kier alpha value is -2.09. The van der Waals surface area contributed by atoms with Crippen LogP contribution < -0.4 is 5.43 Å². The molecule has 0 aromatic heterocycles. The third-order valence-electron chi connectivity index (χ3n) is 3.73. The number of Topliss-reactive ketones (excluding diaryl/α,β-unsaturated/α-hetero) is 1. The Morgan fingerprint density at radius 1 is 1.19 bits per heavy atom. The lowest BCUT2D eigenvalue weighted by atomic mass is 9.87. The number of hydrogen-bond donors (Lipinski definition) is 1. The third-order valence-corrected chi connectivity index (χ3v) is 4.22. The van der Waals surface area contributed by atoms with E-state index < -0.39 is 24.3 Å². The minimum atomic E-state index is -0.859. The van der Waals surface area contributed by atoms with Crippen LogP contribution in [-0.2, 0) is 15.9 Å². The molecule has 1 aliphatic carbocycles. The van der Waals surface area contributed by atoms with Crippen LogP contribution in [0.1, 0.15) is 50.0 Å². The van der Waals surface area contributed by atoms with E-state index in [0.29, 0.717) is 18.4 Å². The van der Waals surface area contributed by atoms with Gasteiger partial charge >= 0.3 is 12.2 Å². The fourth-order valence-electron chi connectivity index (χ4n) is 2.69. The third kappa shape index (κ3) is 4.97. The van der Waals surface area contributed by atoms with Crippen LogP contribution in [0.15, 0.2) is 22.7 Å². The van der Waals surface area contributed by atoms with Gasteiger partial charge in [-0.3, -0.25) is 4.79 Å². The number of nitrogens with zero attached hydrogens (tertiary/aromatic N) is 1. The number of benzene rings is 1. The number of aryl methyl sites for hydroxylation is 1. The van der Waals surface area contributed by atoms with Gasteiger partial charge in [-0.15, -0.1) is 0 Å². The van der Waals surface area contributed by atoms with Crippen LogP contribution in [0.5, 0.6) is 0 Å². The highest BCUT2D eigenvalue weighted by Gasteiger charge is 2.37. The van der Waals surface area contributed by atoms with Gasteiger partial charge in [0.1, 0.15) is 6.04 Å². The first-order valence-corrected chi connectivity index (χ1v) is 9.28. The van der Waals surface area contributed by atoms with Gasteiger partial charge in [0.05, 0.1) is 12.2 Å². The monoisotopic (exact) mass is 426 g/mol. The molecule has 0 heterocycles. The highest BCUT2D eigenvalue weighted by atomic mass is 79.9. The maximum atomic E-state index is 12.9. The van der Waals surface area contributed by atoms with Gasteiger partial charge in [0.15, 0.2) is 5.78 Å². The number of nitrogens with one attached hydrogen (secondary N) is 1. The van der Waals surface area contributed by atoms with E-state index in [-0.39, 0.29) is 11.9 Å². The molecule has 0 saturated carbocycles. The van der Waals surface area contributed by atoms with Gasteiger partial charge in [0.2, 0.25) is 0 Å². The minimum absolute atomic E-state index is 0.252. The highest BCUT2D eigenvalue weighted by molar-refractivity contribution is 9.10. The van der Waals surface area contributed by atoms with Gasteiger partial charge in [-0.2, -0.15) is 0 Å². The summed E-state index contributed by atoms with van der Waals surface area (Å²) in [6, 6.07) is 4.62. The molecule has 1 aliphatic rings. The summed E-state index contributed by atoms with van der Waals surface area (Å²) in [4.78, 5) is 37.4. The summed E-state index contributed by atoms with van der Waals surface area (Å²) >= 11 is 3.36. The Bertz CT molecular complexity index is 705. The molecule has 142 valence electrons.